The number of anilines is 1. The Morgan fingerprint density at radius 3 is 2.73 bits per heavy atom. The van der Waals surface area contributed by atoms with Gasteiger partial charge < -0.3 is 25.6 Å². The van der Waals surface area contributed by atoms with Crippen LogP contribution in [0.25, 0.3) is 11.2 Å². The molecule has 0 saturated carbocycles. The third kappa shape index (κ3) is 2.31. The highest BCUT2D eigenvalue weighted by Crippen LogP contribution is 2.33. The maximum Gasteiger partial charge on any atom is 0.167 e. The standard InChI is InChI=1S/C13H20N6O3/c1-6-17-8-11(14)15-5-16-12(8)19(6)13-10(21)9(20)7(22-13)4-18(2)3/h5,7,9-10,13,20-21H,4H2,1-3H3,(H2,14,15,16)/t7-,9?,10?,13-/m1/s1. The molecule has 1 saturated heterocycles. The van der Waals surface area contributed by atoms with E-state index >= 15 is 0 Å². The van der Waals surface area contributed by atoms with E-state index in [-0.39, 0.29) is 5.82 Å². The number of nitrogens with zero attached hydrogens (tertiary/aromatic N) is 5. The minimum Gasteiger partial charge on any atom is -0.387 e. The number of hydrogen-bond acceptors (Lipinski definition) is 8. The summed E-state index contributed by atoms with van der Waals surface area (Å²) in [4.78, 5) is 14.3. The van der Waals surface area contributed by atoms with E-state index in [1.165, 1.54) is 6.33 Å². The lowest BCUT2D eigenvalue weighted by atomic mass is 10.1. The summed E-state index contributed by atoms with van der Waals surface area (Å²) >= 11 is 0. The molecule has 9 nitrogen and oxygen atoms in total. The van der Waals surface area contributed by atoms with E-state index < -0.39 is 24.5 Å². The fraction of sp³-hybridized carbons (Fsp3) is 0.615. The Morgan fingerprint density at radius 2 is 2.05 bits per heavy atom. The van der Waals surface area contributed by atoms with Crippen LogP contribution in [0, 0.1) is 6.92 Å². The lowest BCUT2D eigenvalue weighted by Crippen LogP contribution is -2.37. The summed E-state index contributed by atoms with van der Waals surface area (Å²) in [5.41, 5.74) is 6.74. The van der Waals surface area contributed by atoms with Crippen molar-refractivity contribution in [1.82, 2.24) is 24.4 Å². The normalized spacial score (nSPS) is 28.8. The molecule has 3 heterocycles. The van der Waals surface area contributed by atoms with Crippen molar-refractivity contribution < 1.29 is 14.9 Å². The Hall–Kier alpha value is -1.81. The summed E-state index contributed by atoms with van der Waals surface area (Å²) in [5, 5.41) is 20.5. The van der Waals surface area contributed by atoms with Crippen LogP contribution in [-0.4, -0.2) is 73.6 Å². The Bertz CT molecular complexity index is 688. The largest absolute Gasteiger partial charge is 0.387 e. The second kappa shape index (κ2) is 5.43. The monoisotopic (exact) mass is 308 g/mol. The zero-order valence-electron chi connectivity index (χ0n) is 12.7. The molecular formula is C13H20N6O3. The number of aliphatic hydroxyl groups excluding tert-OH is 2. The smallest absolute Gasteiger partial charge is 0.167 e. The SMILES string of the molecule is Cc1nc2c(N)ncnc2n1[C@@H]1O[C@H](CN(C)C)C(O)C1O. The van der Waals surface area contributed by atoms with Crippen molar-refractivity contribution in [3.8, 4) is 0 Å². The first kappa shape index (κ1) is 15.1. The number of imidazole rings is 1. The number of nitrogens with two attached hydrogens (primary N) is 1. The number of aliphatic hydroxyl groups is 2. The molecule has 0 aliphatic carbocycles. The highest BCUT2D eigenvalue weighted by molar-refractivity contribution is 5.81. The van der Waals surface area contributed by atoms with Crippen LogP contribution in [0.2, 0.25) is 0 Å². The molecule has 2 aromatic heterocycles. The van der Waals surface area contributed by atoms with Gasteiger partial charge in [0.05, 0.1) is 0 Å². The Balaban J connectivity index is 2.01. The molecule has 2 aromatic rings. The van der Waals surface area contributed by atoms with Crippen LogP contribution >= 0.6 is 0 Å². The molecule has 4 atom stereocenters. The summed E-state index contributed by atoms with van der Waals surface area (Å²) in [5.74, 6) is 0.855. The molecule has 1 aliphatic heterocycles. The van der Waals surface area contributed by atoms with Crippen molar-refractivity contribution in [3.05, 3.63) is 12.2 Å². The minimum atomic E-state index is -1.07. The molecular weight excluding hydrogens is 288 g/mol. The maximum absolute atomic E-state index is 10.3. The van der Waals surface area contributed by atoms with Gasteiger partial charge in [-0.15, -0.1) is 0 Å². The third-order valence-corrected chi connectivity index (χ3v) is 3.82. The van der Waals surface area contributed by atoms with E-state index in [1.54, 1.807) is 11.5 Å². The summed E-state index contributed by atoms with van der Waals surface area (Å²) in [7, 11) is 3.75. The van der Waals surface area contributed by atoms with Crippen LogP contribution in [0.1, 0.15) is 12.1 Å². The zero-order chi connectivity index (χ0) is 16.0. The first-order valence-electron chi connectivity index (χ1n) is 7.01. The third-order valence-electron chi connectivity index (χ3n) is 3.82. The molecule has 9 heteroatoms. The number of hydrogen-bond donors (Lipinski definition) is 3. The molecule has 0 bridgehead atoms. The van der Waals surface area contributed by atoms with E-state index in [4.69, 9.17) is 10.5 Å². The van der Waals surface area contributed by atoms with Crippen LogP contribution in [0.4, 0.5) is 5.82 Å². The maximum atomic E-state index is 10.3. The molecule has 22 heavy (non-hydrogen) atoms. The van der Waals surface area contributed by atoms with Crippen molar-refractivity contribution >= 4 is 17.0 Å². The van der Waals surface area contributed by atoms with E-state index in [2.05, 4.69) is 15.0 Å². The Kier molecular flexibility index (Phi) is 3.73. The van der Waals surface area contributed by atoms with Crippen LogP contribution in [0.5, 0.6) is 0 Å². The van der Waals surface area contributed by atoms with Crippen molar-refractivity contribution in [2.75, 3.05) is 26.4 Å². The molecule has 0 aromatic carbocycles. The number of fused-ring (bicyclic) bond motifs is 1. The lowest BCUT2D eigenvalue weighted by molar-refractivity contribution is -0.0415. The van der Waals surface area contributed by atoms with E-state index in [9.17, 15) is 10.2 Å². The molecule has 1 aliphatic rings. The van der Waals surface area contributed by atoms with Crippen LogP contribution in [0.15, 0.2) is 6.33 Å². The van der Waals surface area contributed by atoms with Crippen molar-refractivity contribution in [1.29, 1.82) is 0 Å². The fourth-order valence-corrected chi connectivity index (χ4v) is 2.79. The average Bonchev–Trinajstić information content (AvgIpc) is 2.91. The van der Waals surface area contributed by atoms with Crippen molar-refractivity contribution in [3.63, 3.8) is 0 Å². The topological polar surface area (TPSA) is 123 Å². The second-order valence-corrected chi connectivity index (χ2v) is 5.77. The summed E-state index contributed by atoms with van der Waals surface area (Å²) in [6, 6.07) is 0. The quantitative estimate of drug-likeness (QED) is 0.653. The molecule has 120 valence electrons. The predicted molar refractivity (Wildman–Crippen MR) is 79.0 cm³/mol. The van der Waals surface area contributed by atoms with Gasteiger partial charge >= 0.3 is 0 Å². The van der Waals surface area contributed by atoms with Crippen LogP contribution in [0.3, 0.4) is 0 Å². The van der Waals surface area contributed by atoms with Gasteiger partial charge in [0.15, 0.2) is 23.2 Å². The first-order chi connectivity index (χ1) is 10.4. The van der Waals surface area contributed by atoms with Crippen LogP contribution in [-0.2, 0) is 4.74 Å². The predicted octanol–water partition coefficient (Wildman–Crippen LogP) is -1.10. The van der Waals surface area contributed by atoms with Gasteiger partial charge in [0.2, 0.25) is 0 Å². The number of ether oxygens (including phenoxy) is 1. The van der Waals surface area contributed by atoms with Gasteiger partial charge in [-0.25, -0.2) is 15.0 Å². The van der Waals surface area contributed by atoms with Gasteiger partial charge in [0.1, 0.15) is 30.5 Å². The zero-order valence-corrected chi connectivity index (χ0v) is 12.7. The van der Waals surface area contributed by atoms with Gasteiger partial charge in [-0.05, 0) is 21.0 Å². The molecule has 0 amide bonds. The summed E-state index contributed by atoms with van der Waals surface area (Å²) in [6.45, 7) is 2.26. The lowest BCUT2D eigenvalue weighted by Gasteiger charge is -2.19. The second-order valence-electron chi connectivity index (χ2n) is 5.77. The van der Waals surface area contributed by atoms with Crippen LogP contribution < -0.4 is 5.73 Å². The number of aryl methyl sites for hydroxylation is 1. The van der Waals surface area contributed by atoms with E-state index in [0.717, 1.165) is 0 Å². The number of likely N-dealkylation sites (N-methyl/N-ethyl adjacent to an activating group) is 1. The van der Waals surface area contributed by atoms with Crippen molar-refractivity contribution in [2.24, 2.45) is 0 Å². The van der Waals surface area contributed by atoms with Gasteiger partial charge in [-0.1, -0.05) is 0 Å². The highest BCUT2D eigenvalue weighted by atomic mass is 16.6. The fourth-order valence-electron chi connectivity index (χ4n) is 2.79. The molecule has 2 unspecified atom stereocenters. The molecule has 0 radical (unpaired) electrons. The number of rotatable bonds is 3. The number of nitrogen functional groups attached to an aromatic ring is 1. The molecule has 0 spiro atoms. The summed E-state index contributed by atoms with van der Waals surface area (Å²) in [6.07, 6.45) is -1.98. The van der Waals surface area contributed by atoms with Gasteiger partial charge in [-0.3, -0.25) is 4.57 Å². The summed E-state index contributed by atoms with van der Waals surface area (Å²) < 4.78 is 7.50. The minimum absolute atomic E-state index is 0.268. The average molecular weight is 308 g/mol. The highest BCUT2D eigenvalue weighted by Gasteiger charge is 2.44. The Labute approximate surface area is 127 Å². The van der Waals surface area contributed by atoms with Gasteiger partial charge in [0, 0.05) is 6.54 Å². The molecule has 3 rings (SSSR count). The Morgan fingerprint density at radius 1 is 1.32 bits per heavy atom. The first-order valence-corrected chi connectivity index (χ1v) is 7.01. The molecule has 1 fully saturated rings. The molecule has 4 N–H and O–H groups in total. The number of aromatic nitrogens is 4. The van der Waals surface area contributed by atoms with E-state index in [1.807, 2.05) is 19.0 Å². The van der Waals surface area contributed by atoms with E-state index in [0.29, 0.717) is 23.5 Å². The van der Waals surface area contributed by atoms with Gasteiger partial charge in [0.25, 0.3) is 0 Å². The van der Waals surface area contributed by atoms with Crippen molar-refractivity contribution in [2.45, 2.75) is 31.5 Å². The van der Waals surface area contributed by atoms with Gasteiger partial charge in [-0.2, -0.15) is 0 Å².